The van der Waals surface area contributed by atoms with E-state index < -0.39 is 0 Å². The van der Waals surface area contributed by atoms with Crippen molar-refractivity contribution in [3.63, 3.8) is 0 Å². The molecule has 0 aromatic carbocycles. The lowest BCUT2D eigenvalue weighted by molar-refractivity contribution is -0.130. The van der Waals surface area contributed by atoms with Gasteiger partial charge in [-0.05, 0) is 43.1 Å². The van der Waals surface area contributed by atoms with Gasteiger partial charge in [-0.1, -0.05) is 11.6 Å². The van der Waals surface area contributed by atoms with Crippen LogP contribution in [0.2, 0.25) is 5.02 Å². The average Bonchev–Trinajstić information content (AvgIpc) is 3.39. The number of likely N-dealkylation sites (tertiary alicyclic amines) is 1. The standard InChI is InChI=1S/C19H25ClN6O/c20-17-10-21-19(22-11-17)26-6-1-2-15(13-26)16-5-7-25(12-16)18(27)4-3-14-8-23-24-9-14/h8-11,15-16H,1-7,12-13H2,(H,23,24). The number of amides is 1. The van der Waals surface area contributed by atoms with Crippen LogP contribution in [0.1, 0.15) is 31.2 Å². The highest BCUT2D eigenvalue weighted by Crippen LogP contribution is 2.32. The molecule has 2 aromatic rings. The summed E-state index contributed by atoms with van der Waals surface area (Å²) in [5.41, 5.74) is 1.09. The van der Waals surface area contributed by atoms with Crippen LogP contribution in [0.5, 0.6) is 0 Å². The van der Waals surface area contributed by atoms with Crippen LogP contribution in [0.15, 0.2) is 24.8 Å². The Morgan fingerprint density at radius 3 is 2.74 bits per heavy atom. The molecule has 27 heavy (non-hydrogen) atoms. The first-order valence-electron chi connectivity index (χ1n) is 9.67. The van der Waals surface area contributed by atoms with E-state index in [1.807, 2.05) is 11.1 Å². The van der Waals surface area contributed by atoms with Crippen molar-refractivity contribution in [1.82, 2.24) is 25.1 Å². The second kappa shape index (κ2) is 8.25. The lowest BCUT2D eigenvalue weighted by Gasteiger charge is -2.35. The molecule has 7 nitrogen and oxygen atoms in total. The molecule has 0 saturated carbocycles. The summed E-state index contributed by atoms with van der Waals surface area (Å²) < 4.78 is 0. The van der Waals surface area contributed by atoms with Crippen LogP contribution in [-0.2, 0) is 11.2 Å². The molecule has 0 radical (unpaired) electrons. The Hall–Kier alpha value is -2.15. The zero-order valence-electron chi connectivity index (χ0n) is 15.4. The van der Waals surface area contributed by atoms with Crippen LogP contribution in [0, 0.1) is 11.8 Å². The summed E-state index contributed by atoms with van der Waals surface area (Å²) in [6.45, 7) is 3.70. The van der Waals surface area contributed by atoms with E-state index in [2.05, 4.69) is 25.1 Å². The summed E-state index contributed by atoms with van der Waals surface area (Å²) in [6.07, 6.45) is 11.7. The first-order valence-corrected chi connectivity index (χ1v) is 10.0. The SMILES string of the molecule is O=C(CCc1cn[nH]c1)N1CCC(C2CCCN(c3ncc(Cl)cn3)C2)C1. The smallest absolute Gasteiger partial charge is 0.225 e. The van der Waals surface area contributed by atoms with Crippen molar-refractivity contribution < 1.29 is 4.79 Å². The number of aromatic nitrogens is 4. The summed E-state index contributed by atoms with van der Waals surface area (Å²) in [5.74, 6) is 2.17. The molecule has 0 aliphatic carbocycles. The number of anilines is 1. The summed E-state index contributed by atoms with van der Waals surface area (Å²) in [4.78, 5) is 25.6. The number of aryl methyl sites for hydroxylation is 1. The Morgan fingerprint density at radius 1 is 1.15 bits per heavy atom. The number of carbonyl (C=O) groups excluding carboxylic acids is 1. The molecule has 0 bridgehead atoms. The number of halogens is 1. The number of H-pyrrole nitrogens is 1. The fourth-order valence-corrected chi connectivity index (χ4v) is 4.37. The van der Waals surface area contributed by atoms with E-state index in [4.69, 9.17) is 11.6 Å². The number of aromatic amines is 1. The molecule has 8 heteroatoms. The molecule has 2 saturated heterocycles. The molecule has 2 unspecified atom stereocenters. The van der Waals surface area contributed by atoms with Crippen molar-refractivity contribution in [3.05, 3.63) is 35.4 Å². The minimum absolute atomic E-state index is 0.257. The monoisotopic (exact) mass is 388 g/mol. The number of nitrogens with zero attached hydrogens (tertiary/aromatic N) is 5. The number of nitrogens with one attached hydrogen (secondary N) is 1. The highest BCUT2D eigenvalue weighted by Gasteiger charge is 2.34. The van der Waals surface area contributed by atoms with Crippen LogP contribution >= 0.6 is 11.6 Å². The highest BCUT2D eigenvalue weighted by molar-refractivity contribution is 6.30. The Labute approximate surface area is 164 Å². The number of piperidine rings is 1. The van der Waals surface area contributed by atoms with Gasteiger partial charge in [0.05, 0.1) is 23.6 Å². The largest absolute Gasteiger partial charge is 0.342 e. The van der Waals surface area contributed by atoms with Crippen molar-refractivity contribution in [2.24, 2.45) is 11.8 Å². The van der Waals surface area contributed by atoms with E-state index in [9.17, 15) is 4.79 Å². The van der Waals surface area contributed by atoms with E-state index in [0.29, 0.717) is 23.3 Å². The Bertz CT molecular complexity index is 750. The zero-order valence-corrected chi connectivity index (χ0v) is 16.1. The lowest BCUT2D eigenvalue weighted by atomic mass is 9.85. The first-order chi connectivity index (χ1) is 13.2. The highest BCUT2D eigenvalue weighted by atomic mass is 35.5. The molecular formula is C19H25ClN6O. The predicted molar refractivity (Wildman–Crippen MR) is 104 cm³/mol. The predicted octanol–water partition coefficient (Wildman–Crippen LogP) is 2.55. The normalized spacial score (nSPS) is 23.0. The topological polar surface area (TPSA) is 78.0 Å². The van der Waals surface area contributed by atoms with Crippen molar-refractivity contribution in [1.29, 1.82) is 0 Å². The van der Waals surface area contributed by atoms with E-state index in [0.717, 1.165) is 57.0 Å². The quantitative estimate of drug-likeness (QED) is 0.851. The third-order valence-corrected chi connectivity index (χ3v) is 5.97. The molecule has 1 amide bonds. The molecule has 4 heterocycles. The second-order valence-corrected chi connectivity index (χ2v) is 7.98. The number of hydrogen-bond donors (Lipinski definition) is 1. The summed E-state index contributed by atoms with van der Waals surface area (Å²) in [6, 6.07) is 0. The maximum absolute atomic E-state index is 12.5. The van der Waals surface area contributed by atoms with Gasteiger partial charge in [-0.15, -0.1) is 0 Å². The molecule has 144 valence electrons. The molecule has 2 fully saturated rings. The van der Waals surface area contributed by atoms with Crippen molar-refractivity contribution >= 4 is 23.5 Å². The Kier molecular flexibility index (Phi) is 5.57. The van der Waals surface area contributed by atoms with E-state index in [1.54, 1.807) is 18.6 Å². The van der Waals surface area contributed by atoms with Gasteiger partial charge in [0.25, 0.3) is 0 Å². The van der Waals surface area contributed by atoms with Crippen molar-refractivity contribution in [2.45, 2.75) is 32.1 Å². The van der Waals surface area contributed by atoms with Crippen LogP contribution in [-0.4, -0.2) is 57.2 Å². The minimum atomic E-state index is 0.257. The molecule has 1 N–H and O–H groups in total. The van der Waals surface area contributed by atoms with Crippen LogP contribution < -0.4 is 4.90 Å². The third kappa shape index (κ3) is 4.40. The van der Waals surface area contributed by atoms with Crippen molar-refractivity contribution in [2.75, 3.05) is 31.1 Å². The fraction of sp³-hybridized carbons (Fsp3) is 0.579. The van der Waals surface area contributed by atoms with Gasteiger partial charge in [-0.3, -0.25) is 9.89 Å². The third-order valence-electron chi connectivity index (χ3n) is 5.77. The van der Waals surface area contributed by atoms with Crippen molar-refractivity contribution in [3.8, 4) is 0 Å². The lowest BCUT2D eigenvalue weighted by Crippen LogP contribution is -2.40. The van der Waals surface area contributed by atoms with Gasteiger partial charge >= 0.3 is 0 Å². The fourth-order valence-electron chi connectivity index (χ4n) is 4.27. The molecular weight excluding hydrogens is 364 g/mol. The number of hydrogen-bond acceptors (Lipinski definition) is 5. The van der Waals surface area contributed by atoms with Gasteiger partial charge in [0.15, 0.2) is 0 Å². The summed E-state index contributed by atoms with van der Waals surface area (Å²) in [5, 5.41) is 7.29. The van der Waals surface area contributed by atoms with E-state index in [1.165, 1.54) is 6.42 Å². The molecule has 2 atom stereocenters. The zero-order chi connectivity index (χ0) is 18.6. The minimum Gasteiger partial charge on any atom is -0.342 e. The van der Waals surface area contributed by atoms with Gasteiger partial charge in [0, 0.05) is 38.8 Å². The van der Waals surface area contributed by atoms with Gasteiger partial charge in [-0.2, -0.15) is 5.10 Å². The Morgan fingerprint density at radius 2 is 1.96 bits per heavy atom. The molecule has 0 spiro atoms. The molecule has 2 aromatic heterocycles. The molecule has 2 aliphatic rings. The van der Waals surface area contributed by atoms with Gasteiger partial charge in [0.2, 0.25) is 11.9 Å². The van der Waals surface area contributed by atoms with E-state index in [-0.39, 0.29) is 5.91 Å². The average molecular weight is 389 g/mol. The van der Waals surface area contributed by atoms with E-state index >= 15 is 0 Å². The molecule has 2 aliphatic heterocycles. The number of carbonyl (C=O) groups is 1. The van der Waals surface area contributed by atoms with Gasteiger partial charge in [-0.25, -0.2) is 9.97 Å². The number of rotatable bonds is 5. The maximum atomic E-state index is 12.5. The summed E-state index contributed by atoms with van der Waals surface area (Å²) >= 11 is 5.90. The maximum Gasteiger partial charge on any atom is 0.225 e. The van der Waals surface area contributed by atoms with Crippen LogP contribution in [0.3, 0.4) is 0 Å². The first kappa shape index (κ1) is 18.2. The summed E-state index contributed by atoms with van der Waals surface area (Å²) in [7, 11) is 0. The molecule has 4 rings (SSSR count). The van der Waals surface area contributed by atoms with Crippen LogP contribution in [0.25, 0.3) is 0 Å². The van der Waals surface area contributed by atoms with Gasteiger partial charge in [0.1, 0.15) is 0 Å². The second-order valence-electron chi connectivity index (χ2n) is 7.54. The Balaban J connectivity index is 1.30. The van der Waals surface area contributed by atoms with Gasteiger partial charge < -0.3 is 9.80 Å². The van der Waals surface area contributed by atoms with Crippen LogP contribution in [0.4, 0.5) is 5.95 Å².